The van der Waals surface area contributed by atoms with Crippen molar-refractivity contribution in [2.24, 2.45) is 0 Å². The van der Waals surface area contributed by atoms with E-state index < -0.39 is 0 Å². The van der Waals surface area contributed by atoms with Crippen LogP contribution in [0.5, 0.6) is 0 Å². The minimum absolute atomic E-state index is 0.102. The summed E-state index contributed by atoms with van der Waals surface area (Å²) in [7, 11) is 0. The fourth-order valence-electron chi connectivity index (χ4n) is 1.11. The van der Waals surface area contributed by atoms with Crippen LogP contribution in [0.25, 0.3) is 4.85 Å². The highest BCUT2D eigenvalue weighted by molar-refractivity contribution is 5.83. The third-order valence-electron chi connectivity index (χ3n) is 1.79. The van der Waals surface area contributed by atoms with E-state index in [1.165, 1.54) is 6.08 Å². The zero-order valence-corrected chi connectivity index (χ0v) is 7.04. The van der Waals surface area contributed by atoms with E-state index in [-0.39, 0.29) is 12.0 Å². The number of carbonyl (C=O) groups is 1. The summed E-state index contributed by atoms with van der Waals surface area (Å²) >= 11 is 0. The van der Waals surface area contributed by atoms with Crippen molar-refractivity contribution >= 4 is 5.97 Å². The average Bonchev–Trinajstić information content (AvgIpc) is 1.96. The van der Waals surface area contributed by atoms with Gasteiger partial charge in [0.1, 0.15) is 0 Å². The predicted molar refractivity (Wildman–Crippen MR) is 44.3 cm³/mol. The second-order valence-electron chi connectivity index (χ2n) is 2.75. The van der Waals surface area contributed by atoms with Crippen LogP contribution in [0.15, 0.2) is 11.6 Å². The van der Waals surface area contributed by atoms with Crippen molar-refractivity contribution in [3.05, 3.63) is 23.1 Å². The number of carbonyl (C=O) groups excluding carboxylic acids is 1. The summed E-state index contributed by atoms with van der Waals surface area (Å²) in [6.07, 6.45) is 2.98. The lowest BCUT2D eigenvalue weighted by atomic mass is 9.87. The van der Waals surface area contributed by atoms with Gasteiger partial charge >= 0.3 is 5.97 Å². The zero-order chi connectivity index (χ0) is 8.97. The van der Waals surface area contributed by atoms with E-state index in [1.54, 1.807) is 6.92 Å². The van der Waals surface area contributed by atoms with Crippen molar-refractivity contribution in [3.8, 4) is 0 Å². The van der Waals surface area contributed by atoms with Gasteiger partial charge in [0.2, 0.25) is 6.04 Å². The Morgan fingerprint density at radius 1 is 1.83 bits per heavy atom. The molecule has 3 heteroatoms. The summed E-state index contributed by atoms with van der Waals surface area (Å²) in [4.78, 5) is 14.2. The molecule has 1 aliphatic carbocycles. The lowest BCUT2D eigenvalue weighted by Gasteiger charge is -2.17. The number of esters is 1. The molecule has 1 aliphatic rings. The molecule has 0 bridgehead atoms. The molecule has 0 amide bonds. The largest absolute Gasteiger partial charge is 0.463 e. The van der Waals surface area contributed by atoms with Crippen molar-refractivity contribution in [2.45, 2.75) is 25.8 Å². The van der Waals surface area contributed by atoms with Crippen LogP contribution in [0.4, 0.5) is 0 Å². The highest BCUT2D eigenvalue weighted by Gasteiger charge is 2.28. The molecule has 0 aliphatic heterocycles. The highest BCUT2D eigenvalue weighted by Crippen LogP contribution is 2.28. The van der Waals surface area contributed by atoms with E-state index in [4.69, 9.17) is 11.3 Å². The lowest BCUT2D eigenvalue weighted by Crippen LogP contribution is -2.18. The van der Waals surface area contributed by atoms with Crippen LogP contribution in [0.3, 0.4) is 0 Å². The molecule has 0 unspecified atom stereocenters. The van der Waals surface area contributed by atoms with Gasteiger partial charge in [-0.25, -0.2) is 11.4 Å². The Morgan fingerprint density at radius 3 is 3.00 bits per heavy atom. The van der Waals surface area contributed by atoms with Crippen molar-refractivity contribution in [3.63, 3.8) is 0 Å². The normalized spacial score (nSPS) is 20.7. The average molecular weight is 165 g/mol. The minimum atomic E-state index is -0.282. The first-order valence-corrected chi connectivity index (χ1v) is 3.99. The molecule has 0 aromatic carbocycles. The Hall–Kier alpha value is -1.30. The van der Waals surface area contributed by atoms with Crippen LogP contribution in [0.1, 0.15) is 19.8 Å². The molecule has 0 heterocycles. The lowest BCUT2D eigenvalue weighted by molar-refractivity contribution is -0.137. The van der Waals surface area contributed by atoms with E-state index in [1.807, 2.05) is 0 Å². The van der Waals surface area contributed by atoms with Crippen LogP contribution in [-0.2, 0) is 9.53 Å². The van der Waals surface area contributed by atoms with Crippen LogP contribution in [0.2, 0.25) is 0 Å². The van der Waals surface area contributed by atoms with Gasteiger partial charge < -0.3 is 9.58 Å². The Morgan fingerprint density at radius 2 is 2.50 bits per heavy atom. The number of hydrogen-bond donors (Lipinski definition) is 0. The molecule has 12 heavy (non-hydrogen) atoms. The van der Waals surface area contributed by atoms with Gasteiger partial charge in [0.25, 0.3) is 0 Å². The molecule has 0 spiro atoms. The Bertz CT molecular complexity index is 242. The van der Waals surface area contributed by atoms with Crippen molar-refractivity contribution in [2.75, 3.05) is 6.61 Å². The molecule has 1 saturated carbocycles. The standard InChI is InChI=1S/C9H11NO2/c1-3-12-9(11)6-7-4-8(5-7)10-2/h6,8H,3-5H2,1H3. The van der Waals surface area contributed by atoms with Gasteiger partial charge in [0, 0.05) is 18.9 Å². The number of nitrogens with zero attached hydrogens (tertiary/aromatic N) is 1. The van der Waals surface area contributed by atoms with E-state index >= 15 is 0 Å². The van der Waals surface area contributed by atoms with E-state index in [2.05, 4.69) is 4.85 Å². The van der Waals surface area contributed by atoms with E-state index in [9.17, 15) is 4.79 Å². The SMILES string of the molecule is [C-]#[N+]C1CC(=CC(=O)OCC)C1. The Kier molecular flexibility index (Phi) is 2.87. The monoisotopic (exact) mass is 165 g/mol. The van der Waals surface area contributed by atoms with Gasteiger partial charge in [-0.05, 0) is 12.5 Å². The third-order valence-corrected chi connectivity index (χ3v) is 1.79. The summed E-state index contributed by atoms with van der Waals surface area (Å²) in [5.74, 6) is -0.282. The maximum atomic E-state index is 10.9. The topological polar surface area (TPSA) is 30.7 Å². The summed E-state index contributed by atoms with van der Waals surface area (Å²) < 4.78 is 4.72. The fourth-order valence-corrected chi connectivity index (χ4v) is 1.11. The third kappa shape index (κ3) is 2.09. The summed E-state index contributed by atoms with van der Waals surface area (Å²) in [6, 6.07) is 0.102. The molecule has 0 aromatic rings. The van der Waals surface area contributed by atoms with Crippen LogP contribution in [-0.4, -0.2) is 18.6 Å². The van der Waals surface area contributed by atoms with Gasteiger partial charge in [0.05, 0.1) is 6.61 Å². The number of ether oxygens (including phenoxy) is 1. The van der Waals surface area contributed by atoms with E-state index in [0.29, 0.717) is 6.61 Å². The maximum Gasteiger partial charge on any atom is 0.330 e. The predicted octanol–water partition coefficient (Wildman–Crippen LogP) is 1.56. The molecule has 0 aromatic heterocycles. The number of hydrogen-bond acceptors (Lipinski definition) is 2. The quantitative estimate of drug-likeness (QED) is 0.353. The molecule has 1 rings (SSSR count). The molecule has 0 atom stereocenters. The molecular weight excluding hydrogens is 154 g/mol. The summed E-state index contributed by atoms with van der Waals surface area (Å²) in [5.41, 5.74) is 1.04. The maximum absolute atomic E-state index is 10.9. The molecule has 1 fully saturated rings. The smallest absolute Gasteiger partial charge is 0.330 e. The molecular formula is C9H11NO2. The first-order valence-electron chi connectivity index (χ1n) is 3.99. The summed E-state index contributed by atoms with van der Waals surface area (Å²) in [5, 5.41) is 0. The molecule has 0 N–H and O–H groups in total. The van der Waals surface area contributed by atoms with Gasteiger partial charge in [-0.3, -0.25) is 0 Å². The van der Waals surface area contributed by atoms with Gasteiger partial charge in [0.15, 0.2) is 0 Å². The van der Waals surface area contributed by atoms with Gasteiger partial charge in [-0.15, -0.1) is 0 Å². The zero-order valence-electron chi connectivity index (χ0n) is 7.04. The molecule has 0 radical (unpaired) electrons. The van der Waals surface area contributed by atoms with Gasteiger partial charge in [-0.1, -0.05) is 0 Å². The number of rotatable bonds is 2. The van der Waals surface area contributed by atoms with Crippen molar-refractivity contribution in [1.82, 2.24) is 0 Å². The van der Waals surface area contributed by atoms with Crippen LogP contribution < -0.4 is 0 Å². The van der Waals surface area contributed by atoms with Crippen LogP contribution >= 0.6 is 0 Å². The second kappa shape index (κ2) is 3.91. The Labute approximate surface area is 71.8 Å². The minimum Gasteiger partial charge on any atom is -0.463 e. The summed E-state index contributed by atoms with van der Waals surface area (Å²) in [6.45, 7) is 8.88. The molecule has 64 valence electrons. The van der Waals surface area contributed by atoms with Gasteiger partial charge in [-0.2, -0.15) is 0 Å². The highest BCUT2D eigenvalue weighted by atomic mass is 16.5. The Balaban J connectivity index is 2.32. The molecule has 3 nitrogen and oxygen atoms in total. The van der Waals surface area contributed by atoms with Crippen molar-refractivity contribution in [1.29, 1.82) is 0 Å². The second-order valence-corrected chi connectivity index (χ2v) is 2.75. The first-order chi connectivity index (χ1) is 5.76. The molecule has 0 saturated heterocycles. The van der Waals surface area contributed by atoms with E-state index in [0.717, 1.165) is 18.4 Å². The fraction of sp³-hybridized carbons (Fsp3) is 0.556. The van der Waals surface area contributed by atoms with Crippen LogP contribution in [0, 0.1) is 6.57 Å². The first kappa shape index (κ1) is 8.79. The van der Waals surface area contributed by atoms with Crippen molar-refractivity contribution < 1.29 is 9.53 Å².